The molecule has 100 valence electrons. The normalized spacial score (nSPS) is 10.5. The van der Waals surface area contributed by atoms with E-state index in [4.69, 9.17) is 10.5 Å². The summed E-state index contributed by atoms with van der Waals surface area (Å²) < 4.78 is 31.6. The van der Waals surface area contributed by atoms with Crippen LogP contribution in [0.2, 0.25) is 0 Å². The summed E-state index contributed by atoms with van der Waals surface area (Å²) in [6, 6.07) is 8.95. The smallest absolute Gasteiger partial charge is 0.162 e. The molecule has 0 saturated heterocycles. The van der Waals surface area contributed by atoms with Gasteiger partial charge in [0.25, 0.3) is 0 Å². The first-order chi connectivity index (χ1) is 9.15. The monoisotopic (exact) mass is 281 g/mol. The predicted molar refractivity (Wildman–Crippen MR) is 72.5 cm³/mol. The highest BCUT2D eigenvalue weighted by molar-refractivity contribution is 7.98. The van der Waals surface area contributed by atoms with Crippen LogP contribution in [0.15, 0.2) is 41.3 Å². The minimum atomic E-state index is -0.937. The molecule has 0 aliphatic carbocycles. The van der Waals surface area contributed by atoms with Crippen LogP contribution in [0.5, 0.6) is 11.5 Å². The maximum atomic E-state index is 13.1. The summed E-state index contributed by atoms with van der Waals surface area (Å²) in [5.74, 6) is -1.04. The minimum Gasteiger partial charge on any atom is -0.457 e. The highest BCUT2D eigenvalue weighted by Crippen LogP contribution is 2.32. The van der Waals surface area contributed by atoms with Crippen molar-refractivity contribution in [2.45, 2.75) is 11.4 Å². The second-order valence-electron chi connectivity index (χ2n) is 3.82. The van der Waals surface area contributed by atoms with Crippen molar-refractivity contribution in [2.75, 3.05) is 6.26 Å². The van der Waals surface area contributed by atoms with E-state index >= 15 is 0 Å². The summed E-state index contributed by atoms with van der Waals surface area (Å²) in [7, 11) is 0. The zero-order chi connectivity index (χ0) is 13.8. The van der Waals surface area contributed by atoms with E-state index in [2.05, 4.69) is 0 Å². The maximum absolute atomic E-state index is 13.1. The van der Waals surface area contributed by atoms with Gasteiger partial charge in [-0.1, -0.05) is 6.07 Å². The van der Waals surface area contributed by atoms with Crippen molar-refractivity contribution in [1.29, 1.82) is 0 Å². The van der Waals surface area contributed by atoms with Crippen molar-refractivity contribution in [1.82, 2.24) is 0 Å². The molecule has 2 N–H and O–H groups in total. The second-order valence-corrected chi connectivity index (χ2v) is 4.67. The van der Waals surface area contributed by atoms with Gasteiger partial charge in [0.2, 0.25) is 0 Å². The van der Waals surface area contributed by atoms with Crippen LogP contribution >= 0.6 is 11.8 Å². The summed E-state index contributed by atoms with van der Waals surface area (Å²) in [5, 5.41) is 0. The SMILES string of the molecule is CSc1cccc(Oc2ccc(F)c(F)c2)c1CN. The van der Waals surface area contributed by atoms with E-state index in [0.717, 1.165) is 22.6 Å². The Morgan fingerprint density at radius 2 is 1.95 bits per heavy atom. The Hall–Kier alpha value is -1.59. The molecule has 0 atom stereocenters. The first-order valence-electron chi connectivity index (χ1n) is 5.64. The molecule has 0 saturated carbocycles. The highest BCUT2D eigenvalue weighted by Gasteiger charge is 2.10. The lowest BCUT2D eigenvalue weighted by atomic mass is 10.2. The zero-order valence-electron chi connectivity index (χ0n) is 10.3. The number of benzene rings is 2. The molecule has 0 radical (unpaired) electrons. The van der Waals surface area contributed by atoms with Crippen molar-refractivity contribution < 1.29 is 13.5 Å². The van der Waals surface area contributed by atoms with Gasteiger partial charge in [-0.05, 0) is 30.5 Å². The van der Waals surface area contributed by atoms with E-state index in [9.17, 15) is 8.78 Å². The van der Waals surface area contributed by atoms with E-state index in [0.29, 0.717) is 12.3 Å². The molecule has 0 unspecified atom stereocenters. The molecule has 5 heteroatoms. The average molecular weight is 281 g/mol. The summed E-state index contributed by atoms with van der Waals surface area (Å²) in [6.45, 7) is 0.315. The van der Waals surface area contributed by atoms with Crippen LogP contribution in [0, 0.1) is 11.6 Å². The Labute approximate surface area is 114 Å². The number of halogens is 2. The first-order valence-corrected chi connectivity index (χ1v) is 6.87. The van der Waals surface area contributed by atoms with Crippen molar-refractivity contribution in [3.8, 4) is 11.5 Å². The molecule has 2 nitrogen and oxygen atoms in total. The molecule has 0 amide bonds. The van der Waals surface area contributed by atoms with Gasteiger partial charge in [0.1, 0.15) is 11.5 Å². The van der Waals surface area contributed by atoms with Gasteiger partial charge >= 0.3 is 0 Å². The molecule has 0 bridgehead atoms. The van der Waals surface area contributed by atoms with Crippen molar-refractivity contribution in [2.24, 2.45) is 5.73 Å². The van der Waals surface area contributed by atoms with Crippen molar-refractivity contribution >= 4 is 11.8 Å². The zero-order valence-corrected chi connectivity index (χ0v) is 11.1. The molecule has 0 spiro atoms. The summed E-state index contributed by atoms with van der Waals surface area (Å²) in [6.07, 6.45) is 1.94. The molecular formula is C14H13F2NOS. The number of rotatable bonds is 4. The first kappa shape index (κ1) is 13.8. The topological polar surface area (TPSA) is 35.2 Å². The number of hydrogen-bond donors (Lipinski definition) is 1. The lowest BCUT2D eigenvalue weighted by Gasteiger charge is -2.13. The van der Waals surface area contributed by atoms with Crippen LogP contribution in [0.4, 0.5) is 8.78 Å². The fourth-order valence-corrected chi connectivity index (χ4v) is 2.35. The van der Waals surface area contributed by atoms with E-state index in [1.165, 1.54) is 6.07 Å². The second kappa shape index (κ2) is 6.04. The third kappa shape index (κ3) is 3.05. The molecule has 2 aromatic carbocycles. The van der Waals surface area contributed by atoms with Crippen LogP contribution in [0.1, 0.15) is 5.56 Å². The molecule has 0 aliphatic rings. The van der Waals surface area contributed by atoms with E-state index < -0.39 is 11.6 Å². The average Bonchev–Trinajstić information content (AvgIpc) is 2.42. The van der Waals surface area contributed by atoms with Crippen LogP contribution in [-0.4, -0.2) is 6.26 Å². The Kier molecular flexibility index (Phi) is 4.39. The number of ether oxygens (including phenoxy) is 1. The lowest BCUT2D eigenvalue weighted by molar-refractivity contribution is 0.456. The molecule has 19 heavy (non-hydrogen) atoms. The van der Waals surface area contributed by atoms with Crippen LogP contribution < -0.4 is 10.5 Å². The van der Waals surface area contributed by atoms with Crippen LogP contribution in [0.25, 0.3) is 0 Å². The van der Waals surface area contributed by atoms with Crippen molar-refractivity contribution in [3.05, 3.63) is 53.6 Å². The molecule has 2 aromatic rings. The van der Waals surface area contributed by atoms with Crippen molar-refractivity contribution in [3.63, 3.8) is 0 Å². The van der Waals surface area contributed by atoms with E-state index in [1.54, 1.807) is 17.8 Å². The standard InChI is InChI=1S/C14H13F2NOS/c1-19-14-4-2-3-13(10(14)8-17)18-9-5-6-11(15)12(16)7-9/h2-7H,8,17H2,1H3. The van der Waals surface area contributed by atoms with Gasteiger partial charge in [-0.2, -0.15) is 0 Å². The summed E-state index contributed by atoms with van der Waals surface area (Å²) in [5.41, 5.74) is 6.55. The molecule has 0 heterocycles. The van der Waals surface area contributed by atoms with Gasteiger partial charge in [0.15, 0.2) is 11.6 Å². The van der Waals surface area contributed by atoms with Gasteiger partial charge in [-0.25, -0.2) is 8.78 Å². The molecule has 0 aromatic heterocycles. The van der Waals surface area contributed by atoms with Gasteiger partial charge < -0.3 is 10.5 Å². The summed E-state index contributed by atoms with van der Waals surface area (Å²) >= 11 is 1.56. The van der Waals surface area contributed by atoms with E-state index in [-0.39, 0.29) is 5.75 Å². The third-order valence-electron chi connectivity index (χ3n) is 2.63. The van der Waals surface area contributed by atoms with Crippen LogP contribution in [-0.2, 0) is 6.54 Å². The van der Waals surface area contributed by atoms with Gasteiger partial charge in [0, 0.05) is 23.1 Å². The number of nitrogens with two attached hydrogens (primary N) is 1. The molecule has 2 rings (SSSR count). The highest BCUT2D eigenvalue weighted by atomic mass is 32.2. The quantitative estimate of drug-likeness (QED) is 0.862. The summed E-state index contributed by atoms with van der Waals surface area (Å²) in [4.78, 5) is 1.00. The number of hydrogen-bond acceptors (Lipinski definition) is 3. The third-order valence-corrected chi connectivity index (χ3v) is 3.46. The van der Waals surface area contributed by atoms with E-state index in [1.807, 2.05) is 18.4 Å². The Bertz CT molecular complexity index is 590. The largest absolute Gasteiger partial charge is 0.457 e. The lowest BCUT2D eigenvalue weighted by Crippen LogP contribution is -2.01. The Morgan fingerprint density at radius 1 is 1.16 bits per heavy atom. The van der Waals surface area contributed by atoms with Gasteiger partial charge in [0.05, 0.1) is 0 Å². The van der Waals surface area contributed by atoms with Gasteiger partial charge in [-0.15, -0.1) is 11.8 Å². The predicted octanol–water partition coefficient (Wildman–Crippen LogP) is 3.94. The maximum Gasteiger partial charge on any atom is 0.162 e. The van der Waals surface area contributed by atoms with Crippen LogP contribution in [0.3, 0.4) is 0 Å². The molecule has 0 aliphatic heterocycles. The molecule has 0 fully saturated rings. The Balaban J connectivity index is 2.35. The fourth-order valence-electron chi connectivity index (χ4n) is 1.70. The fraction of sp³-hybridized carbons (Fsp3) is 0.143. The minimum absolute atomic E-state index is 0.242. The number of thioether (sulfide) groups is 1. The van der Waals surface area contributed by atoms with Gasteiger partial charge in [-0.3, -0.25) is 0 Å². The Morgan fingerprint density at radius 3 is 2.58 bits per heavy atom. The molecular weight excluding hydrogens is 268 g/mol.